The van der Waals surface area contributed by atoms with Crippen LogP contribution in [-0.4, -0.2) is 62.7 Å². The van der Waals surface area contributed by atoms with Crippen LogP contribution in [0.1, 0.15) is 27.7 Å². The number of rotatable bonds is 6. The molecular formula is C18H29N5O4S. The molecule has 1 aliphatic heterocycles. The molecule has 0 radical (unpaired) electrons. The van der Waals surface area contributed by atoms with Crippen molar-refractivity contribution < 1.29 is 13.3 Å². The van der Waals surface area contributed by atoms with Gasteiger partial charge in [-0.3, -0.25) is 15.1 Å². The third-order valence-electron chi connectivity index (χ3n) is 5.67. The number of benzene rings is 1. The fourth-order valence-electron chi connectivity index (χ4n) is 3.11. The smallest absolute Gasteiger partial charge is 0.293 e. The van der Waals surface area contributed by atoms with Crippen molar-refractivity contribution in [2.24, 2.45) is 10.4 Å². The fourth-order valence-corrected chi connectivity index (χ4v) is 3.75. The summed E-state index contributed by atoms with van der Waals surface area (Å²) in [6.45, 7) is 10.6. The molecule has 0 spiro atoms. The van der Waals surface area contributed by atoms with Crippen LogP contribution in [0, 0.1) is 15.5 Å². The number of guanidine groups is 1. The number of anilines is 1. The van der Waals surface area contributed by atoms with E-state index in [0.29, 0.717) is 13.1 Å². The Morgan fingerprint density at radius 2 is 1.93 bits per heavy atom. The van der Waals surface area contributed by atoms with Crippen molar-refractivity contribution in [1.82, 2.24) is 10.2 Å². The molecule has 0 saturated carbocycles. The van der Waals surface area contributed by atoms with E-state index in [9.17, 15) is 18.5 Å². The van der Waals surface area contributed by atoms with Gasteiger partial charge in [-0.05, 0) is 26.0 Å². The maximum atomic E-state index is 11.6. The second-order valence-electron chi connectivity index (χ2n) is 8.14. The lowest BCUT2D eigenvalue weighted by Gasteiger charge is -2.62. The zero-order chi connectivity index (χ0) is 21.3. The molecule has 0 bridgehead atoms. The monoisotopic (exact) mass is 411 g/mol. The third kappa shape index (κ3) is 4.21. The van der Waals surface area contributed by atoms with Crippen LogP contribution in [-0.2, 0) is 9.84 Å². The number of nitrogens with one attached hydrogen (secondary N) is 2. The highest BCUT2D eigenvalue weighted by Crippen LogP contribution is 2.46. The lowest BCUT2D eigenvalue weighted by Crippen LogP contribution is -2.72. The molecule has 2 rings (SSSR count). The van der Waals surface area contributed by atoms with Gasteiger partial charge in [-0.1, -0.05) is 13.8 Å². The zero-order valence-corrected chi connectivity index (χ0v) is 18.1. The number of hydrogen-bond donors (Lipinski definition) is 2. The van der Waals surface area contributed by atoms with Crippen molar-refractivity contribution in [3.63, 3.8) is 0 Å². The van der Waals surface area contributed by atoms with Crippen LogP contribution in [0.5, 0.6) is 0 Å². The van der Waals surface area contributed by atoms with Gasteiger partial charge >= 0.3 is 0 Å². The average Bonchev–Trinajstić information content (AvgIpc) is 2.59. The lowest BCUT2D eigenvalue weighted by atomic mass is 9.65. The minimum atomic E-state index is -3.51. The Bertz CT molecular complexity index is 893. The summed E-state index contributed by atoms with van der Waals surface area (Å²) in [5.41, 5.74) is 0.172. The first-order chi connectivity index (χ1) is 12.8. The van der Waals surface area contributed by atoms with E-state index in [-0.39, 0.29) is 27.2 Å². The Hall–Kier alpha value is -2.36. The van der Waals surface area contributed by atoms with Crippen molar-refractivity contribution in [3.8, 4) is 0 Å². The van der Waals surface area contributed by atoms with Crippen molar-refractivity contribution in [3.05, 3.63) is 28.3 Å². The number of nitrogens with zero attached hydrogens (tertiary/aromatic N) is 3. The molecule has 1 heterocycles. The normalized spacial score (nSPS) is 18.4. The minimum Gasteiger partial charge on any atom is -0.378 e. The molecule has 28 heavy (non-hydrogen) atoms. The summed E-state index contributed by atoms with van der Waals surface area (Å²) in [5.74, 6) is 0.785. The van der Waals surface area contributed by atoms with Crippen molar-refractivity contribution in [2.75, 3.05) is 38.3 Å². The number of aliphatic imine (C=N–C) groups is 1. The second kappa shape index (κ2) is 7.57. The van der Waals surface area contributed by atoms with E-state index in [1.165, 1.54) is 12.1 Å². The molecule has 0 amide bonds. The predicted octanol–water partition coefficient (Wildman–Crippen LogP) is 2.11. The highest BCUT2D eigenvalue weighted by Gasteiger charge is 2.53. The summed E-state index contributed by atoms with van der Waals surface area (Å²) in [5, 5.41) is 17.5. The number of hydrogen-bond acceptors (Lipinski definition) is 6. The molecule has 0 aliphatic carbocycles. The van der Waals surface area contributed by atoms with Crippen LogP contribution in [0.15, 0.2) is 28.1 Å². The SMILES string of the molecule is CN=C(NCCNc1ccc(S(C)(=O)=O)cc1[N+](=O)[O-])N1CC(C)(C)C1(C)C. The Balaban J connectivity index is 1.99. The molecule has 1 aromatic carbocycles. The average molecular weight is 412 g/mol. The highest BCUT2D eigenvalue weighted by molar-refractivity contribution is 7.90. The van der Waals surface area contributed by atoms with Crippen LogP contribution in [0.25, 0.3) is 0 Å². The lowest BCUT2D eigenvalue weighted by molar-refractivity contribution is -0.384. The number of sulfone groups is 1. The van der Waals surface area contributed by atoms with Gasteiger partial charge in [0.25, 0.3) is 5.69 Å². The Kier molecular flexibility index (Phi) is 5.93. The van der Waals surface area contributed by atoms with Gasteiger partial charge in [-0.25, -0.2) is 8.42 Å². The van der Waals surface area contributed by atoms with Crippen LogP contribution >= 0.6 is 0 Å². The summed E-state index contributed by atoms with van der Waals surface area (Å²) < 4.78 is 23.2. The number of nitro groups is 1. The summed E-state index contributed by atoms with van der Waals surface area (Å²) in [6.07, 6.45) is 1.02. The summed E-state index contributed by atoms with van der Waals surface area (Å²) >= 11 is 0. The van der Waals surface area contributed by atoms with Crippen molar-refractivity contribution in [2.45, 2.75) is 38.1 Å². The van der Waals surface area contributed by atoms with Crippen molar-refractivity contribution in [1.29, 1.82) is 0 Å². The van der Waals surface area contributed by atoms with E-state index < -0.39 is 14.8 Å². The van der Waals surface area contributed by atoms with Crippen LogP contribution in [0.2, 0.25) is 0 Å². The highest BCUT2D eigenvalue weighted by atomic mass is 32.2. The maximum Gasteiger partial charge on any atom is 0.293 e. The minimum absolute atomic E-state index is 0.0253. The first-order valence-corrected chi connectivity index (χ1v) is 10.9. The van der Waals surface area contributed by atoms with Crippen LogP contribution in [0.3, 0.4) is 0 Å². The molecule has 156 valence electrons. The molecule has 1 aromatic rings. The molecule has 1 fully saturated rings. The van der Waals surface area contributed by atoms with Crippen LogP contribution in [0.4, 0.5) is 11.4 Å². The maximum absolute atomic E-state index is 11.6. The van der Waals surface area contributed by atoms with Crippen molar-refractivity contribution >= 4 is 27.2 Å². The Morgan fingerprint density at radius 3 is 2.39 bits per heavy atom. The quantitative estimate of drug-likeness (QED) is 0.242. The molecule has 1 aliphatic rings. The van der Waals surface area contributed by atoms with Crippen LogP contribution < -0.4 is 10.6 Å². The summed E-state index contributed by atoms with van der Waals surface area (Å²) in [4.78, 5) is 17.2. The molecule has 10 heteroatoms. The molecule has 0 atom stereocenters. The van der Waals surface area contributed by atoms with Gasteiger partial charge in [-0.15, -0.1) is 0 Å². The van der Waals surface area contributed by atoms with E-state index in [1.807, 2.05) is 0 Å². The number of likely N-dealkylation sites (tertiary alicyclic amines) is 1. The molecule has 9 nitrogen and oxygen atoms in total. The second-order valence-corrected chi connectivity index (χ2v) is 10.2. The van der Waals surface area contributed by atoms with E-state index in [1.54, 1.807) is 7.05 Å². The largest absolute Gasteiger partial charge is 0.378 e. The van der Waals surface area contributed by atoms with Gasteiger partial charge in [-0.2, -0.15) is 0 Å². The molecular weight excluding hydrogens is 382 g/mol. The summed E-state index contributed by atoms with van der Waals surface area (Å²) in [7, 11) is -1.78. The first-order valence-electron chi connectivity index (χ1n) is 9.02. The van der Waals surface area contributed by atoms with E-state index in [2.05, 4.69) is 48.2 Å². The van der Waals surface area contributed by atoms with Gasteiger partial charge in [0.15, 0.2) is 15.8 Å². The number of nitro benzene ring substituents is 1. The molecule has 0 unspecified atom stereocenters. The standard InChI is InChI=1S/C18H29N5O4S/c1-17(2)12-22(18(17,3)4)16(19-5)21-10-9-20-14-8-7-13(28(6,26)27)11-15(14)23(24)25/h7-8,11,20H,9-10,12H2,1-6H3,(H,19,21). The van der Waals surface area contributed by atoms with E-state index in [4.69, 9.17) is 0 Å². The third-order valence-corrected chi connectivity index (χ3v) is 6.78. The van der Waals surface area contributed by atoms with Gasteiger partial charge in [0.2, 0.25) is 0 Å². The van der Waals surface area contributed by atoms with Gasteiger partial charge in [0.1, 0.15) is 5.69 Å². The topological polar surface area (TPSA) is 117 Å². The predicted molar refractivity (Wildman–Crippen MR) is 111 cm³/mol. The molecule has 0 aromatic heterocycles. The van der Waals surface area contributed by atoms with E-state index in [0.717, 1.165) is 24.8 Å². The first kappa shape index (κ1) is 21.9. The molecule has 1 saturated heterocycles. The Labute approximate surface area is 166 Å². The Morgan fingerprint density at radius 1 is 1.29 bits per heavy atom. The van der Waals surface area contributed by atoms with Gasteiger partial charge < -0.3 is 15.5 Å². The van der Waals surface area contributed by atoms with E-state index >= 15 is 0 Å². The summed E-state index contributed by atoms with van der Waals surface area (Å²) in [6, 6.07) is 3.86. The van der Waals surface area contributed by atoms with Gasteiger partial charge in [0, 0.05) is 50.0 Å². The zero-order valence-electron chi connectivity index (χ0n) is 17.2. The van der Waals surface area contributed by atoms with Gasteiger partial charge in [0.05, 0.1) is 9.82 Å². The fraction of sp³-hybridized carbons (Fsp3) is 0.611. The molecule has 2 N–H and O–H groups in total.